The van der Waals surface area contributed by atoms with Crippen LogP contribution in [0.25, 0.3) is 0 Å². The van der Waals surface area contributed by atoms with E-state index in [1.165, 1.54) is 9.13 Å². The number of imidazole rings is 1. The largest absolute Gasteiger partial charge is 0.480 e. The molecule has 0 saturated carbocycles. The van der Waals surface area contributed by atoms with Crippen molar-refractivity contribution in [2.75, 3.05) is 0 Å². The number of nitrogens with zero attached hydrogens (tertiary/aromatic N) is 2. The molecule has 0 aliphatic carbocycles. The summed E-state index contributed by atoms with van der Waals surface area (Å²) in [5, 5.41) is 8.52. The van der Waals surface area contributed by atoms with E-state index in [1.807, 2.05) is 0 Å². The van der Waals surface area contributed by atoms with Gasteiger partial charge in [-0.1, -0.05) is 0 Å². The summed E-state index contributed by atoms with van der Waals surface area (Å²) in [6.07, 6.45) is 3.48. The number of aliphatic carboxylic acids is 1. The third kappa shape index (κ3) is 2.23. The van der Waals surface area contributed by atoms with Gasteiger partial charge in [-0.2, -0.15) is 0 Å². The SMILES string of the molecule is Cn1ccn(CCC(N)C(=O)O)c1=O. The molecule has 0 aromatic carbocycles. The summed E-state index contributed by atoms with van der Waals surface area (Å²) in [6, 6.07) is -0.915. The van der Waals surface area contributed by atoms with Crippen LogP contribution in [0.4, 0.5) is 0 Å². The smallest absolute Gasteiger partial charge is 0.327 e. The van der Waals surface area contributed by atoms with Gasteiger partial charge < -0.3 is 15.4 Å². The molecule has 0 radical (unpaired) electrons. The summed E-state index contributed by atoms with van der Waals surface area (Å²) in [7, 11) is 1.63. The van der Waals surface area contributed by atoms with Crippen LogP contribution in [0.3, 0.4) is 0 Å². The molecule has 14 heavy (non-hydrogen) atoms. The molecular weight excluding hydrogens is 186 g/mol. The summed E-state index contributed by atoms with van der Waals surface area (Å²) >= 11 is 0. The summed E-state index contributed by atoms with van der Waals surface area (Å²) in [6.45, 7) is 0.327. The first kappa shape index (κ1) is 10.5. The first-order valence-corrected chi connectivity index (χ1v) is 4.22. The van der Waals surface area contributed by atoms with E-state index in [4.69, 9.17) is 10.8 Å². The van der Waals surface area contributed by atoms with E-state index in [0.717, 1.165) is 0 Å². The number of hydrogen-bond acceptors (Lipinski definition) is 3. The number of hydrogen-bond donors (Lipinski definition) is 2. The lowest BCUT2D eigenvalue weighted by Gasteiger charge is -2.05. The first-order chi connectivity index (χ1) is 6.52. The Kier molecular flexibility index (Phi) is 3.08. The molecule has 1 aromatic heterocycles. The van der Waals surface area contributed by atoms with E-state index in [-0.39, 0.29) is 12.1 Å². The van der Waals surface area contributed by atoms with Crippen LogP contribution in [-0.4, -0.2) is 26.3 Å². The van der Waals surface area contributed by atoms with Gasteiger partial charge in [0.2, 0.25) is 0 Å². The van der Waals surface area contributed by atoms with Crippen molar-refractivity contribution in [2.45, 2.75) is 19.0 Å². The molecule has 6 heteroatoms. The minimum absolute atomic E-state index is 0.164. The predicted molar refractivity (Wildman–Crippen MR) is 49.9 cm³/mol. The lowest BCUT2D eigenvalue weighted by atomic mass is 10.2. The Hall–Kier alpha value is -1.56. The third-order valence-corrected chi connectivity index (χ3v) is 2.02. The van der Waals surface area contributed by atoms with E-state index >= 15 is 0 Å². The van der Waals surface area contributed by atoms with Crippen LogP contribution in [0, 0.1) is 0 Å². The van der Waals surface area contributed by atoms with Crippen LogP contribution in [0.1, 0.15) is 6.42 Å². The minimum Gasteiger partial charge on any atom is -0.480 e. The maximum atomic E-state index is 11.3. The van der Waals surface area contributed by atoms with Crippen LogP contribution >= 0.6 is 0 Å². The Morgan fingerprint density at radius 1 is 1.64 bits per heavy atom. The average Bonchev–Trinajstić information content (AvgIpc) is 2.44. The lowest BCUT2D eigenvalue weighted by Crippen LogP contribution is -2.33. The second kappa shape index (κ2) is 4.10. The van der Waals surface area contributed by atoms with E-state index in [0.29, 0.717) is 6.54 Å². The number of aryl methyl sites for hydroxylation is 2. The number of carboxylic acids is 1. The highest BCUT2D eigenvalue weighted by Crippen LogP contribution is 1.92. The van der Waals surface area contributed by atoms with Gasteiger partial charge in [0, 0.05) is 26.0 Å². The highest BCUT2D eigenvalue weighted by molar-refractivity contribution is 5.72. The molecular formula is C8H13N3O3. The number of nitrogens with two attached hydrogens (primary N) is 1. The number of carboxylic acid groups (broad SMARTS) is 1. The maximum Gasteiger partial charge on any atom is 0.327 e. The minimum atomic E-state index is -1.05. The van der Waals surface area contributed by atoms with Crippen LogP contribution in [0.2, 0.25) is 0 Å². The first-order valence-electron chi connectivity index (χ1n) is 4.22. The van der Waals surface area contributed by atoms with Crippen molar-refractivity contribution in [1.82, 2.24) is 9.13 Å². The van der Waals surface area contributed by atoms with Crippen molar-refractivity contribution in [3.63, 3.8) is 0 Å². The molecule has 1 unspecified atom stereocenters. The summed E-state index contributed by atoms with van der Waals surface area (Å²) in [5.41, 5.74) is 5.14. The van der Waals surface area contributed by atoms with Gasteiger partial charge in [-0.05, 0) is 6.42 Å². The van der Waals surface area contributed by atoms with E-state index in [1.54, 1.807) is 19.4 Å². The Labute approximate surface area is 80.6 Å². The molecule has 1 atom stereocenters. The molecule has 0 saturated heterocycles. The Bertz CT molecular complexity index is 379. The van der Waals surface area contributed by atoms with Crippen molar-refractivity contribution in [3.05, 3.63) is 22.9 Å². The van der Waals surface area contributed by atoms with Crippen LogP contribution in [0.5, 0.6) is 0 Å². The van der Waals surface area contributed by atoms with E-state index in [2.05, 4.69) is 0 Å². The van der Waals surface area contributed by atoms with Gasteiger partial charge >= 0.3 is 11.7 Å². The maximum absolute atomic E-state index is 11.3. The normalized spacial score (nSPS) is 12.7. The Balaban J connectivity index is 2.58. The zero-order valence-electron chi connectivity index (χ0n) is 7.88. The number of rotatable bonds is 4. The van der Waals surface area contributed by atoms with E-state index < -0.39 is 12.0 Å². The molecule has 1 aromatic rings. The van der Waals surface area contributed by atoms with Crippen molar-refractivity contribution in [1.29, 1.82) is 0 Å². The molecule has 78 valence electrons. The standard InChI is InChI=1S/C8H13N3O3/c1-10-4-5-11(8(10)14)3-2-6(9)7(12)13/h4-6H,2-3,9H2,1H3,(H,12,13). The molecule has 0 aliphatic rings. The van der Waals surface area contributed by atoms with E-state index in [9.17, 15) is 9.59 Å². The Morgan fingerprint density at radius 2 is 2.29 bits per heavy atom. The van der Waals surface area contributed by atoms with Crippen molar-refractivity contribution in [2.24, 2.45) is 12.8 Å². The zero-order chi connectivity index (χ0) is 10.7. The fourth-order valence-corrected chi connectivity index (χ4v) is 1.08. The lowest BCUT2D eigenvalue weighted by molar-refractivity contribution is -0.138. The second-order valence-electron chi connectivity index (χ2n) is 3.12. The number of carbonyl (C=O) groups is 1. The average molecular weight is 199 g/mol. The van der Waals surface area contributed by atoms with Gasteiger partial charge in [-0.25, -0.2) is 4.79 Å². The van der Waals surface area contributed by atoms with Crippen molar-refractivity contribution in [3.8, 4) is 0 Å². The zero-order valence-corrected chi connectivity index (χ0v) is 7.88. The monoisotopic (exact) mass is 199 g/mol. The summed E-state index contributed by atoms with van der Waals surface area (Å²) < 4.78 is 2.86. The molecule has 1 heterocycles. The second-order valence-corrected chi connectivity index (χ2v) is 3.12. The third-order valence-electron chi connectivity index (χ3n) is 2.02. The van der Waals surface area contributed by atoms with Crippen LogP contribution in [0.15, 0.2) is 17.2 Å². The highest BCUT2D eigenvalue weighted by Gasteiger charge is 2.11. The Morgan fingerprint density at radius 3 is 2.71 bits per heavy atom. The van der Waals surface area contributed by atoms with Gasteiger partial charge in [0.1, 0.15) is 6.04 Å². The molecule has 6 nitrogen and oxygen atoms in total. The molecule has 1 rings (SSSR count). The molecule has 0 bridgehead atoms. The van der Waals surface area contributed by atoms with Gasteiger partial charge in [-0.15, -0.1) is 0 Å². The molecule has 0 spiro atoms. The fraction of sp³-hybridized carbons (Fsp3) is 0.500. The van der Waals surface area contributed by atoms with Crippen LogP contribution < -0.4 is 11.4 Å². The van der Waals surface area contributed by atoms with Gasteiger partial charge in [-0.3, -0.25) is 9.36 Å². The topological polar surface area (TPSA) is 90.2 Å². The highest BCUT2D eigenvalue weighted by atomic mass is 16.4. The number of aromatic nitrogens is 2. The van der Waals surface area contributed by atoms with Crippen LogP contribution in [-0.2, 0) is 18.4 Å². The van der Waals surface area contributed by atoms with Gasteiger partial charge in [0.15, 0.2) is 0 Å². The van der Waals surface area contributed by atoms with Gasteiger partial charge in [0.25, 0.3) is 0 Å². The summed E-state index contributed by atoms with van der Waals surface area (Å²) in [4.78, 5) is 21.7. The quantitative estimate of drug-likeness (QED) is 0.650. The molecule has 0 fully saturated rings. The summed E-state index contributed by atoms with van der Waals surface area (Å²) in [5.74, 6) is -1.05. The van der Waals surface area contributed by atoms with Crippen molar-refractivity contribution < 1.29 is 9.90 Å². The predicted octanol–water partition coefficient (Wildman–Crippen LogP) is -1.01. The van der Waals surface area contributed by atoms with Crippen molar-refractivity contribution >= 4 is 5.97 Å². The van der Waals surface area contributed by atoms with Gasteiger partial charge in [0.05, 0.1) is 0 Å². The molecule has 0 aliphatic heterocycles. The molecule has 0 amide bonds. The fourth-order valence-electron chi connectivity index (χ4n) is 1.08. The molecule has 3 N–H and O–H groups in total.